The minimum absolute atomic E-state index is 0.0286. The normalized spacial score (nSPS) is 16.6. The van der Waals surface area contributed by atoms with Crippen molar-refractivity contribution in [2.24, 2.45) is 0 Å². The summed E-state index contributed by atoms with van der Waals surface area (Å²) < 4.78 is 5.37. The van der Waals surface area contributed by atoms with Crippen molar-refractivity contribution in [3.05, 3.63) is 51.2 Å². The fourth-order valence-electron chi connectivity index (χ4n) is 2.31. The summed E-state index contributed by atoms with van der Waals surface area (Å²) in [5, 5.41) is 10.9. The van der Waals surface area contributed by atoms with Crippen LogP contribution in [0.25, 0.3) is 0 Å². The molecule has 0 spiro atoms. The van der Waals surface area contributed by atoms with Crippen LogP contribution in [0.5, 0.6) is 5.75 Å². The number of hydrogen-bond acceptors (Lipinski definition) is 4. The number of rotatable bonds is 3. The van der Waals surface area contributed by atoms with Crippen LogP contribution in [0.2, 0.25) is 0 Å². The first-order valence-corrected chi connectivity index (χ1v) is 7.05. The number of carbonyl (C=O) groups is 2. The first kappa shape index (κ1) is 12.9. The molecule has 102 valence electrons. The molecule has 0 aliphatic carbocycles. The summed E-state index contributed by atoms with van der Waals surface area (Å²) in [7, 11) is 0. The van der Waals surface area contributed by atoms with Gasteiger partial charge in [-0.3, -0.25) is 4.79 Å². The van der Waals surface area contributed by atoms with Crippen LogP contribution in [-0.4, -0.2) is 23.0 Å². The highest BCUT2D eigenvalue weighted by Crippen LogP contribution is 2.32. The van der Waals surface area contributed by atoms with Crippen LogP contribution in [0.1, 0.15) is 26.4 Å². The monoisotopic (exact) mass is 288 g/mol. The maximum atomic E-state index is 12.4. The van der Waals surface area contributed by atoms with E-state index in [1.165, 1.54) is 11.3 Å². The topological polar surface area (TPSA) is 63.6 Å². The van der Waals surface area contributed by atoms with Gasteiger partial charge >= 0.3 is 5.97 Å². The van der Waals surface area contributed by atoms with Gasteiger partial charge in [-0.15, -0.1) is 11.3 Å². The average Bonchev–Trinajstić information content (AvgIpc) is 3.05. The van der Waals surface area contributed by atoms with Crippen molar-refractivity contribution in [3.63, 3.8) is 0 Å². The average molecular weight is 288 g/mol. The predicted molar refractivity (Wildman–Crippen MR) is 74.7 cm³/mol. The smallest absolute Gasteiger partial charge is 0.345 e. The number of aliphatic carboxylic acids is 1. The van der Waals surface area contributed by atoms with E-state index >= 15 is 0 Å². The van der Waals surface area contributed by atoms with Gasteiger partial charge in [0, 0.05) is 12.0 Å². The SMILES string of the molecule is Cc1cc2c(cc1C(=O)c1cccs1)CC(C(=O)O)O2. The zero-order chi connectivity index (χ0) is 14.3. The van der Waals surface area contributed by atoms with E-state index in [1.54, 1.807) is 18.2 Å². The molecule has 0 saturated heterocycles. The number of carbonyl (C=O) groups excluding carboxylic acids is 1. The molecule has 1 aliphatic heterocycles. The number of ether oxygens (including phenoxy) is 1. The molecule has 2 heterocycles. The minimum atomic E-state index is -0.981. The lowest BCUT2D eigenvalue weighted by Gasteiger charge is -2.07. The third-order valence-electron chi connectivity index (χ3n) is 3.35. The lowest BCUT2D eigenvalue weighted by atomic mass is 9.98. The Balaban J connectivity index is 1.98. The van der Waals surface area contributed by atoms with Crippen LogP contribution in [0.3, 0.4) is 0 Å². The fraction of sp³-hybridized carbons (Fsp3) is 0.200. The number of thiophene rings is 1. The second-order valence-electron chi connectivity index (χ2n) is 4.73. The molecule has 1 unspecified atom stereocenters. The van der Waals surface area contributed by atoms with Crippen LogP contribution in [-0.2, 0) is 11.2 Å². The summed E-state index contributed by atoms with van der Waals surface area (Å²) in [6, 6.07) is 7.13. The van der Waals surface area contributed by atoms with Crippen LogP contribution in [0, 0.1) is 6.92 Å². The second-order valence-corrected chi connectivity index (χ2v) is 5.68. The summed E-state index contributed by atoms with van der Waals surface area (Å²) in [5.74, 6) is -0.443. The summed E-state index contributed by atoms with van der Waals surface area (Å²) in [4.78, 5) is 24.0. The van der Waals surface area contributed by atoms with E-state index in [1.807, 2.05) is 18.4 Å². The summed E-state index contributed by atoms with van der Waals surface area (Å²) in [6.07, 6.45) is -0.549. The molecule has 0 bridgehead atoms. The molecule has 0 fully saturated rings. The Morgan fingerprint density at radius 3 is 2.85 bits per heavy atom. The number of carboxylic acid groups (broad SMARTS) is 1. The molecule has 1 aromatic carbocycles. The first-order chi connectivity index (χ1) is 9.56. The van der Waals surface area contributed by atoms with Gasteiger partial charge in [0.15, 0.2) is 6.10 Å². The predicted octanol–water partition coefficient (Wildman–Crippen LogP) is 2.68. The van der Waals surface area contributed by atoms with Gasteiger partial charge in [0.2, 0.25) is 5.78 Å². The van der Waals surface area contributed by atoms with E-state index in [0.717, 1.165) is 11.1 Å². The van der Waals surface area contributed by atoms with E-state index in [9.17, 15) is 9.59 Å². The lowest BCUT2D eigenvalue weighted by Crippen LogP contribution is -2.24. The molecular weight excluding hydrogens is 276 g/mol. The van der Waals surface area contributed by atoms with Crippen molar-refractivity contribution in [3.8, 4) is 5.75 Å². The number of benzene rings is 1. The van der Waals surface area contributed by atoms with Gasteiger partial charge in [0.25, 0.3) is 0 Å². The van der Waals surface area contributed by atoms with E-state index in [-0.39, 0.29) is 5.78 Å². The minimum Gasteiger partial charge on any atom is -0.478 e. The summed E-state index contributed by atoms with van der Waals surface area (Å²) in [5.41, 5.74) is 2.19. The number of aryl methyl sites for hydroxylation is 1. The molecule has 3 rings (SSSR count). The molecule has 0 amide bonds. The van der Waals surface area contributed by atoms with Gasteiger partial charge < -0.3 is 9.84 Å². The van der Waals surface area contributed by atoms with Crippen molar-refractivity contribution in [2.45, 2.75) is 19.4 Å². The quantitative estimate of drug-likeness (QED) is 0.882. The van der Waals surface area contributed by atoms with Crippen molar-refractivity contribution < 1.29 is 19.4 Å². The van der Waals surface area contributed by atoms with Crippen molar-refractivity contribution in [1.82, 2.24) is 0 Å². The second kappa shape index (κ2) is 4.76. The number of hydrogen-bond donors (Lipinski definition) is 1. The van der Waals surface area contributed by atoms with Gasteiger partial charge in [-0.25, -0.2) is 4.79 Å². The van der Waals surface area contributed by atoms with Gasteiger partial charge in [0.05, 0.1) is 4.88 Å². The highest BCUT2D eigenvalue weighted by molar-refractivity contribution is 7.12. The van der Waals surface area contributed by atoms with Crippen LogP contribution < -0.4 is 4.74 Å². The molecule has 0 radical (unpaired) electrons. The molecule has 5 heteroatoms. The van der Waals surface area contributed by atoms with Crippen molar-refractivity contribution in [2.75, 3.05) is 0 Å². The van der Waals surface area contributed by atoms with Crippen molar-refractivity contribution in [1.29, 1.82) is 0 Å². The van der Waals surface area contributed by atoms with Crippen LogP contribution in [0.15, 0.2) is 29.6 Å². The third kappa shape index (κ3) is 2.10. The molecule has 2 aromatic rings. The van der Waals surface area contributed by atoms with E-state index in [0.29, 0.717) is 22.6 Å². The third-order valence-corrected chi connectivity index (χ3v) is 4.22. The number of ketones is 1. The maximum Gasteiger partial charge on any atom is 0.345 e. The Hall–Kier alpha value is -2.14. The number of carboxylic acids is 1. The van der Waals surface area contributed by atoms with Crippen LogP contribution in [0.4, 0.5) is 0 Å². The molecule has 0 saturated carbocycles. The maximum absolute atomic E-state index is 12.4. The highest BCUT2D eigenvalue weighted by atomic mass is 32.1. The molecule has 1 atom stereocenters. The first-order valence-electron chi connectivity index (χ1n) is 6.17. The van der Waals surface area contributed by atoms with Gasteiger partial charge in [-0.05, 0) is 41.6 Å². The standard InChI is InChI=1S/C15H12O4S/c1-8-5-11-9(7-12(19-11)15(17)18)6-10(8)14(16)13-3-2-4-20-13/h2-6,12H,7H2,1H3,(H,17,18). The lowest BCUT2D eigenvalue weighted by molar-refractivity contribution is -0.144. The fourth-order valence-corrected chi connectivity index (χ4v) is 2.99. The molecule has 1 aromatic heterocycles. The van der Waals surface area contributed by atoms with Gasteiger partial charge in [-0.1, -0.05) is 6.07 Å². The Labute approximate surface area is 119 Å². The zero-order valence-corrected chi connectivity index (χ0v) is 11.6. The van der Waals surface area contributed by atoms with Gasteiger partial charge in [0.1, 0.15) is 5.75 Å². The summed E-state index contributed by atoms with van der Waals surface area (Å²) in [6.45, 7) is 1.83. The molecule has 1 N–H and O–H groups in total. The molecule has 4 nitrogen and oxygen atoms in total. The van der Waals surface area contributed by atoms with E-state index in [2.05, 4.69) is 0 Å². The zero-order valence-electron chi connectivity index (χ0n) is 10.8. The summed E-state index contributed by atoms with van der Waals surface area (Å²) >= 11 is 1.40. The van der Waals surface area contributed by atoms with Crippen LogP contribution >= 0.6 is 11.3 Å². The highest BCUT2D eigenvalue weighted by Gasteiger charge is 2.30. The Morgan fingerprint density at radius 2 is 2.20 bits per heavy atom. The van der Waals surface area contributed by atoms with Gasteiger partial charge in [-0.2, -0.15) is 0 Å². The Bertz CT molecular complexity index is 688. The van der Waals surface area contributed by atoms with E-state index < -0.39 is 12.1 Å². The molecule has 1 aliphatic rings. The Kier molecular flexibility index (Phi) is 3.06. The van der Waals surface area contributed by atoms with Crippen molar-refractivity contribution >= 4 is 23.1 Å². The largest absolute Gasteiger partial charge is 0.478 e. The molecular formula is C15H12O4S. The Morgan fingerprint density at radius 1 is 1.40 bits per heavy atom. The van der Waals surface area contributed by atoms with E-state index in [4.69, 9.17) is 9.84 Å². The number of fused-ring (bicyclic) bond motifs is 1. The molecule has 20 heavy (non-hydrogen) atoms.